The molecule has 0 atom stereocenters. The quantitative estimate of drug-likeness (QED) is 0.717. The minimum Gasteiger partial charge on any atom is -0.343 e. The first kappa shape index (κ1) is 20.6. The van der Waals surface area contributed by atoms with Crippen molar-refractivity contribution in [3.8, 4) is 0 Å². The number of hydrogen-bond donors (Lipinski definition) is 0. The van der Waals surface area contributed by atoms with Crippen molar-refractivity contribution in [1.82, 2.24) is 14.1 Å². The fourth-order valence-electron chi connectivity index (χ4n) is 5.19. The van der Waals surface area contributed by atoms with Crippen LogP contribution in [0.15, 0.2) is 0 Å². The summed E-state index contributed by atoms with van der Waals surface area (Å²) in [5.74, 6) is 0.730. The molecule has 2 amide bonds. The molecule has 3 aliphatic heterocycles. The second-order valence-corrected chi connectivity index (χ2v) is 11.2. The molecule has 0 saturated carbocycles. The van der Waals surface area contributed by atoms with Crippen molar-refractivity contribution in [2.45, 2.75) is 57.9 Å². The van der Waals surface area contributed by atoms with E-state index in [4.69, 9.17) is 0 Å². The Morgan fingerprint density at radius 2 is 1.63 bits per heavy atom. The van der Waals surface area contributed by atoms with Crippen molar-refractivity contribution in [3.05, 3.63) is 0 Å². The zero-order valence-electron chi connectivity index (χ0n) is 17.0. The number of nitrogens with zero attached hydrogens (tertiary/aromatic N) is 3. The molecule has 3 heterocycles. The van der Waals surface area contributed by atoms with E-state index in [0.717, 1.165) is 19.3 Å². The van der Waals surface area contributed by atoms with E-state index >= 15 is 0 Å². The molecule has 0 unspecified atom stereocenters. The highest BCUT2D eigenvalue weighted by Gasteiger charge is 2.59. The summed E-state index contributed by atoms with van der Waals surface area (Å²) < 4.78 is 25.1. The van der Waals surface area contributed by atoms with Crippen LogP contribution >= 0.6 is 0 Å². The summed E-state index contributed by atoms with van der Waals surface area (Å²) in [6, 6.07) is 0. The largest absolute Gasteiger partial charge is 0.343 e. The van der Waals surface area contributed by atoms with Crippen molar-refractivity contribution in [2.75, 3.05) is 39.5 Å². The average Bonchev–Trinajstić information content (AvgIpc) is 2.77. The number of carbonyl (C=O) groups excluding carboxylic acids is 2. The number of carbonyl (C=O) groups is 2. The minimum atomic E-state index is -3.20. The van der Waals surface area contributed by atoms with Gasteiger partial charge < -0.3 is 9.80 Å². The van der Waals surface area contributed by atoms with Gasteiger partial charge in [0.15, 0.2) is 0 Å². The molecule has 3 fully saturated rings. The van der Waals surface area contributed by atoms with Gasteiger partial charge in [-0.25, -0.2) is 12.7 Å². The van der Waals surface area contributed by atoms with Gasteiger partial charge in [0.25, 0.3) is 0 Å². The Morgan fingerprint density at radius 3 is 2.11 bits per heavy atom. The molecule has 0 aromatic rings. The lowest BCUT2D eigenvalue weighted by atomic mass is 9.71. The van der Waals surface area contributed by atoms with Gasteiger partial charge in [-0.3, -0.25) is 9.59 Å². The second-order valence-electron chi connectivity index (χ2n) is 9.19. The van der Waals surface area contributed by atoms with Gasteiger partial charge in [0.2, 0.25) is 21.8 Å². The first-order valence-electron chi connectivity index (χ1n) is 10.0. The minimum absolute atomic E-state index is 0.164. The van der Waals surface area contributed by atoms with Gasteiger partial charge in [-0.1, -0.05) is 13.8 Å². The van der Waals surface area contributed by atoms with E-state index in [1.807, 2.05) is 16.8 Å². The predicted molar refractivity (Wildman–Crippen MR) is 103 cm³/mol. The summed E-state index contributed by atoms with van der Waals surface area (Å²) >= 11 is 0. The monoisotopic (exact) mass is 399 g/mol. The van der Waals surface area contributed by atoms with Crippen molar-refractivity contribution >= 4 is 21.8 Å². The number of likely N-dealkylation sites (tertiary alicyclic amines) is 2. The second kappa shape index (κ2) is 7.03. The van der Waals surface area contributed by atoms with Crippen LogP contribution in [0.3, 0.4) is 0 Å². The van der Waals surface area contributed by atoms with E-state index in [9.17, 15) is 18.0 Å². The van der Waals surface area contributed by atoms with E-state index in [2.05, 4.69) is 13.8 Å². The first-order valence-corrected chi connectivity index (χ1v) is 11.9. The zero-order chi connectivity index (χ0) is 20.0. The van der Waals surface area contributed by atoms with Crippen LogP contribution < -0.4 is 0 Å². The summed E-state index contributed by atoms with van der Waals surface area (Å²) in [6.45, 7) is 6.36. The number of rotatable bonds is 3. The summed E-state index contributed by atoms with van der Waals surface area (Å²) in [6.07, 6.45) is 5.43. The van der Waals surface area contributed by atoms with Crippen molar-refractivity contribution in [1.29, 1.82) is 0 Å². The Kier molecular flexibility index (Phi) is 5.36. The van der Waals surface area contributed by atoms with Gasteiger partial charge in [-0.2, -0.15) is 0 Å². The topological polar surface area (TPSA) is 78.0 Å². The van der Waals surface area contributed by atoms with Crippen LogP contribution in [0, 0.1) is 11.3 Å². The van der Waals surface area contributed by atoms with Crippen molar-refractivity contribution < 1.29 is 18.0 Å². The third-order valence-electron chi connectivity index (χ3n) is 6.92. The van der Waals surface area contributed by atoms with E-state index in [1.165, 1.54) is 10.6 Å². The highest BCUT2D eigenvalue weighted by Crippen LogP contribution is 2.52. The lowest BCUT2D eigenvalue weighted by Crippen LogP contribution is -2.52. The highest BCUT2D eigenvalue weighted by atomic mass is 32.2. The van der Waals surface area contributed by atoms with E-state index in [-0.39, 0.29) is 17.4 Å². The molecular weight excluding hydrogens is 366 g/mol. The molecule has 2 spiro atoms. The Morgan fingerprint density at radius 1 is 1.07 bits per heavy atom. The molecule has 3 aliphatic rings. The Bertz CT molecular complexity index is 702. The van der Waals surface area contributed by atoms with Crippen LogP contribution in [-0.4, -0.2) is 79.4 Å². The van der Waals surface area contributed by atoms with Crippen LogP contribution in [0.25, 0.3) is 0 Å². The molecular formula is C19H33N3O4S. The van der Waals surface area contributed by atoms with Crippen LogP contribution in [0.2, 0.25) is 0 Å². The van der Waals surface area contributed by atoms with Gasteiger partial charge in [-0.05, 0) is 38.0 Å². The summed E-state index contributed by atoms with van der Waals surface area (Å²) in [7, 11) is -1.30. The molecule has 27 heavy (non-hydrogen) atoms. The molecule has 7 nitrogen and oxygen atoms in total. The van der Waals surface area contributed by atoms with Gasteiger partial charge in [0, 0.05) is 45.2 Å². The maximum atomic E-state index is 13.2. The summed E-state index contributed by atoms with van der Waals surface area (Å²) in [5, 5.41) is 0. The molecule has 154 valence electrons. The van der Waals surface area contributed by atoms with Crippen molar-refractivity contribution in [2.24, 2.45) is 11.3 Å². The SMILES string of the molecule is CC(C)CC(=O)N1CCC2(CC1)CC1(CCN(S(C)(=O)=O)CC1)C(=O)N2C. The van der Waals surface area contributed by atoms with Crippen LogP contribution in [0.5, 0.6) is 0 Å². The smallest absolute Gasteiger partial charge is 0.229 e. The predicted octanol–water partition coefficient (Wildman–Crippen LogP) is 1.30. The normalized spacial score (nSPS) is 25.7. The van der Waals surface area contributed by atoms with Gasteiger partial charge in [0.05, 0.1) is 11.7 Å². The van der Waals surface area contributed by atoms with Gasteiger partial charge in [0.1, 0.15) is 0 Å². The van der Waals surface area contributed by atoms with Crippen LogP contribution in [0.4, 0.5) is 0 Å². The fraction of sp³-hybridized carbons (Fsp3) is 0.895. The lowest BCUT2D eigenvalue weighted by Gasteiger charge is -2.44. The Balaban J connectivity index is 1.68. The molecule has 0 aromatic heterocycles. The van der Waals surface area contributed by atoms with E-state index in [1.54, 1.807) is 0 Å². The summed E-state index contributed by atoms with van der Waals surface area (Å²) in [4.78, 5) is 29.4. The maximum Gasteiger partial charge on any atom is 0.229 e. The Labute approximate surface area is 163 Å². The Hall–Kier alpha value is -1.15. The number of piperidine rings is 2. The molecule has 0 bridgehead atoms. The molecule has 0 N–H and O–H groups in total. The molecule has 8 heteroatoms. The molecule has 0 radical (unpaired) electrons. The molecule has 0 aromatic carbocycles. The standard InChI is InChI=1S/C19H33N3O4S/c1-15(2)13-16(23)21-9-7-19(8-10-21)14-18(17(24)20(19)3)5-11-22(12-6-18)27(4,25)26/h15H,5-14H2,1-4H3. The average molecular weight is 400 g/mol. The molecule has 3 rings (SSSR count). The highest BCUT2D eigenvalue weighted by molar-refractivity contribution is 7.88. The van der Waals surface area contributed by atoms with E-state index in [0.29, 0.717) is 51.4 Å². The third-order valence-corrected chi connectivity index (χ3v) is 8.22. The number of amides is 2. The fourth-order valence-corrected chi connectivity index (χ4v) is 6.04. The maximum absolute atomic E-state index is 13.2. The van der Waals surface area contributed by atoms with Crippen molar-refractivity contribution in [3.63, 3.8) is 0 Å². The molecule has 0 aliphatic carbocycles. The summed E-state index contributed by atoms with van der Waals surface area (Å²) in [5.41, 5.74) is -0.612. The van der Waals surface area contributed by atoms with Gasteiger partial charge in [-0.15, -0.1) is 0 Å². The van der Waals surface area contributed by atoms with Gasteiger partial charge >= 0.3 is 0 Å². The lowest BCUT2D eigenvalue weighted by molar-refractivity contribution is -0.139. The van der Waals surface area contributed by atoms with E-state index < -0.39 is 15.4 Å². The zero-order valence-corrected chi connectivity index (χ0v) is 17.8. The molecule has 3 saturated heterocycles. The van der Waals surface area contributed by atoms with Crippen LogP contribution in [-0.2, 0) is 19.6 Å². The van der Waals surface area contributed by atoms with Crippen LogP contribution in [0.1, 0.15) is 52.4 Å². The third kappa shape index (κ3) is 3.75. The number of hydrogen-bond acceptors (Lipinski definition) is 4. The number of sulfonamides is 1. The first-order chi connectivity index (χ1) is 12.5.